The molecule has 0 radical (unpaired) electrons. The van der Waals surface area contributed by atoms with Crippen LogP contribution >= 0.6 is 0 Å². The average molecular weight is 565 g/mol. The molecule has 0 aliphatic heterocycles. The fraction of sp³-hybridized carbons (Fsp3) is 0.300. The van der Waals surface area contributed by atoms with E-state index in [-0.39, 0.29) is 43.9 Å². The Labute approximate surface area is 236 Å². The first-order chi connectivity index (χ1) is 19.9. The van der Waals surface area contributed by atoms with Gasteiger partial charge in [0.1, 0.15) is 18.1 Å². The molecule has 0 fully saturated rings. The van der Waals surface area contributed by atoms with Gasteiger partial charge in [-0.15, -0.1) is 0 Å². The number of carbonyl (C=O) groups is 1. The first-order valence-corrected chi connectivity index (χ1v) is 12.8. The minimum Gasteiger partial charge on any atom is -0.493 e. The Balaban J connectivity index is 1.97. The Morgan fingerprint density at radius 1 is 0.902 bits per heavy atom. The van der Waals surface area contributed by atoms with E-state index in [1.165, 1.54) is 33.0 Å². The Kier molecular flexibility index (Phi) is 9.43. The lowest BCUT2D eigenvalue weighted by atomic mass is 9.95. The third-order valence-corrected chi connectivity index (χ3v) is 6.53. The summed E-state index contributed by atoms with van der Waals surface area (Å²) in [6.07, 6.45) is 0.229. The van der Waals surface area contributed by atoms with Crippen molar-refractivity contribution in [2.45, 2.75) is 26.2 Å². The maximum atomic E-state index is 13.8. The smallest absolute Gasteiger partial charge is 0.355 e. The summed E-state index contributed by atoms with van der Waals surface area (Å²) < 4.78 is 28.9. The van der Waals surface area contributed by atoms with E-state index in [2.05, 4.69) is 4.98 Å². The van der Waals surface area contributed by atoms with Crippen LogP contribution in [0, 0.1) is 0 Å². The quantitative estimate of drug-likeness (QED) is 0.246. The monoisotopic (exact) mass is 564 g/mol. The van der Waals surface area contributed by atoms with Crippen LogP contribution in [-0.2, 0) is 24.5 Å². The Morgan fingerprint density at radius 2 is 1.61 bits per heavy atom. The molecule has 2 heterocycles. The molecule has 0 amide bonds. The van der Waals surface area contributed by atoms with Gasteiger partial charge in [0.05, 0.1) is 51.8 Å². The van der Waals surface area contributed by atoms with E-state index >= 15 is 0 Å². The lowest BCUT2D eigenvalue weighted by Crippen LogP contribution is -2.28. The van der Waals surface area contributed by atoms with Gasteiger partial charge < -0.3 is 38.5 Å². The number of methoxy groups -OCH3 is 4. The molecular formula is C30H32N2O9. The van der Waals surface area contributed by atoms with Crippen LogP contribution < -0.4 is 24.5 Å². The van der Waals surface area contributed by atoms with Gasteiger partial charge in [0.2, 0.25) is 5.75 Å². The zero-order chi connectivity index (χ0) is 29.5. The number of aliphatic hydroxyl groups excluding tert-OH is 2. The van der Waals surface area contributed by atoms with Gasteiger partial charge in [-0.1, -0.05) is 6.07 Å². The number of esters is 1. The zero-order valence-electron chi connectivity index (χ0n) is 23.3. The summed E-state index contributed by atoms with van der Waals surface area (Å²) in [5, 5.41) is 19.7. The van der Waals surface area contributed by atoms with Crippen LogP contribution in [0.25, 0.3) is 21.9 Å². The third kappa shape index (κ3) is 5.96. The summed E-state index contributed by atoms with van der Waals surface area (Å²) in [5.41, 5.74) is 1.62. The number of aromatic nitrogens is 2. The number of carbonyl (C=O) groups excluding carboxylic acids is 1. The first kappa shape index (κ1) is 29.4. The lowest BCUT2D eigenvalue weighted by molar-refractivity contribution is 0.0587. The van der Waals surface area contributed by atoms with Crippen molar-refractivity contribution >= 4 is 16.7 Å². The van der Waals surface area contributed by atoms with E-state index < -0.39 is 11.5 Å². The predicted octanol–water partition coefficient (Wildman–Crippen LogP) is 3.33. The Morgan fingerprint density at radius 3 is 2.22 bits per heavy atom. The summed E-state index contributed by atoms with van der Waals surface area (Å²) >= 11 is 0. The van der Waals surface area contributed by atoms with Crippen molar-refractivity contribution in [3.05, 3.63) is 76.0 Å². The van der Waals surface area contributed by atoms with Crippen LogP contribution in [0.15, 0.2) is 53.3 Å². The summed E-state index contributed by atoms with van der Waals surface area (Å²) in [6.45, 7) is -0.203. The predicted molar refractivity (Wildman–Crippen MR) is 151 cm³/mol. The molecule has 216 valence electrons. The molecule has 11 heteroatoms. The summed E-state index contributed by atoms with van der Waals surface area (Å²) in [4.78, 5) is 31.4. The molecule has 0 unspecified atom stereocenters. The van der Waals surface area contributed by atoms with Crippen LogP contribution in [0.4, 0.5) is 0 Å². The van der Waals surface area contributed by atoms with E-state index in [0.717, 1.165) is 0 Å². The minimum atomic E-state index is -0.721. The Bertz CT molecular complexity index is 1590. The number of hydrogen-bond acceptors (Lipinski definition) is 10. The van der Waals surface area contributed by atoms with Crippen LogP contribution in [-0.4, -0.2) is 60.8 Å². The molecule has 2 aromatic carbocycles. The first-order valence-electron chi connectivity index (χ1n) is 12.8. The molecule has 2 aromatic heterocycles. The van der Waals surface area contributed by atoms with Crippen LogP contribution in [0.3, 0.4) is 0 Å². The van der Waals surface area contributed by atoms with E-state index in [0.29, 0.717) is 50.9 Å². The molecule has 11 nitrogen and oxygen atoms in total. The molecule has 2 N–H and O–H groups in total. The van der Waals surface area contributed by atoms with Gasteiger partial charge in [0.25, 0.3) is 5.56 Å². The molecule has 0 saturated carbocycles. The van der Waals surface area contributed by atoms with Crippen molar-refractivity contribution < 1.29 is 38.7 Å². The molecule has 0 bridgehead atoms. The van der Waals surface area contributed by atoms with Gasteiger partial charge >= 0.3 is 5.97 Å². The van der Waals surface area contributed by atoms with E-state index in [4.69, 9.17) is 23.7 Å². The molecule has 0 atom stereocenters. The van der Waals surface area contributed by atoms with Gasteiger partial charge in [0, 0.05) is 18.7 Å². The highest BCUT2D eigenvalue weighted by molar-refractivity contribution is 6.07. The highest BCUT2D eigenvalue weighted by Crippen LogP contribution is 2.43. The number of nitrogens with zero attached hydrogens (tertiary/aromatic N) is 2. The van der Waals surface area contributed by atoms with Crippen LogP contribution in [0.1, 0.15) is 28.3 Å². The fourth-order valence-electron chi connectivity index (χ4n) is 4.64. The van der Waals surface area contributed by atoms with Crippen molar-refractivity contribution in [2.24, 2.45) is 0 Å². The second-order valence-electron chi connectivity index (χ2n) is 8.94. The van der Waals surface area contributed by atoms with Crippen molar-refractivity contribution in [1.29, 1.82) is 0 Å². The fourth-order valence-corrected chi connectivity index (χ4v) is 4.64. The van der Waals surface area contributed by atoms with E-state index in [9.17, 15) is 19.8 Å². The molecule has 0 saturated heterocycles. The van der Waals surface area contributed by atoms with Crippen molar-refractivity contribution in [1.82, 2.24) is 9.55 Å². The highest BCUT2D eigenvalue weighted by Gasteiger charge is 2.26. The standard InChI is InChI=1S/C30H32N2O9/c1-37-24-13-18(14-25(38-2)28(24)39-3)26-22-10-9-21(41-17-20-8-5-7-19(16-34)31-20)15-23(22)29(35)32(11-6-12-33)27(26)30(36)40-4/h5,7-10,13-15,33-34H,6,11-12,16-17H2,1-4H3. The van der Waals surface area contributed by atoms with E-state index in [1.54, 1.807) is 48.5 Å². The second-order valence-corrected chi connectivity index (χ2v) is 8.94. The van der Waals surface area contributed by atoms with Crippen LogP contribution in [0.2, 0.25) is 0 Å². The number of hydrogen-bond donors (Lipinski definition) is 2. The number of ether oxygens (including phenoxy) is 5. The molecule has 4 aromatic rings. The van der Waals surface area contributed by atoms with Gasteiger partial charge in [-0.05, 0) is 59.8 Å². The number of fused-ring (bicyclic) bond motifs is 1. The number of benzene rings is 2. The molecular weight excluding hydrogens is 532 g/mol. The largest absolute Gasteiger partial charge is 0.493 e. The Hall–Kier alpha value is -4.61. The molecule has 41 heavy (non-hydrogen) atoms. The van der Waals surface area contributed by atoms with E-state index in [1.807, 2.05) is 0 Å². The molecule has 0 spiro atoms. The lowest BCUT2D eigenvalue weighted by Gasteiger charge is -2.20. The molecule has 0 aliphatic rings. The average Bonchev–Trinajstić information content (AvgIpc) is 3.02. The zero-order valence-corrected chi connectivity index (χ0v) is 23.3. The number of aliphatic hydroxyl groups is 2. The highest BCUT2D eigenvalue weighted by atomic mass is 16.5. The normalized spacial score (nSPS) is 10.9. The summed E-state index contributed by atoms with van der Waals surface area (Å²) in [7, 11) is 5.69. The minimum absolute atomic E-state index is 0.0198. The molecule has 4 rings (SSSR count). The topological polar surface area (TPSA) is 139 Å². The maximum Gasteiger partial charge on any atom is 0.355 e. The summed E-state index contributed by atoms with van der Waals surface area (Å²) in [6, 6.07) is 13.6. The SMILES string of the molecule is COC(=O)c1c(-c2cc(OC)c(OC)c(OC)c2)c2ccc(OCc3cccc(CO)n3)cc2c(=O)n1CCCO. The van der Waals surface area contributed by atoms with Crippen molar-refractivity contribution in [2.75, 3.05) is 35.0 Å². The summed E-state index contributed by atoms with van der Waals surface area (Å²) in [5.74, 6) is 0.765. The van der Waals surface area contributed by atoms with Crippen molar-refractivity contribution in [3.63, 3.8) is 0 Å². The van der Waals surface area contributed by atoms with Gasteiger partial charge in [-0.2, -0.15) is 0 Å². The maximum absolute atomic E-state index is 13.8. The van der Waals surface area contributed by atoms with Gasteiger partial charge in [-0.25, -0.2) is 4.79 Å². The number of pyridine rings is 2. The third-order valence-electron chi connectivity index (χ3n) is 6.53. The van der Waals surface area contributed by atoms with Crippen molar-refractivity contribution in [3.8, 4) is 34.1 Å². The van der Waals surface area contributed by atoms with Gasteiger partial charge in [0.15, 0.2) is 11.5 Å². The second kappa shape index (κ2) is 13.2. The number of rotatable bonds is 12. The van der Waals surface area contributed by atoms with Crippen LogP contribution in [0.5, 0.6) is 23.0 Å². The molecule has 0 aliphatic carbocycles. The van der Waals surface area contributed by atoms with Gasteiger partial charge in [-0.3, -0.25) is 9.78 Å².